The van der Waals surface area contributed by atoms with Crippen LogP contribution in [0.3, 0.4) is 0 Å². The molecule has 3 rings (SSSR count). The zero-order chi connectivity index (χ0) is 24.3. The van der Waals surface area contributed by atoms with Crippen LogP contribution in [-0.4, -0.2) is 31.1 Å². The number of ether oxygens (including phenoxy) is 2. The van der Waals surface area contributed by atoms with Crippen molar-refractivity contribution >= 4 is 29.7 Å². The van der Waals surface area contributed by atoms with Gasteiger partial charge in [-0.1, -0.05) is 36.4 Å². The molecule has 0 spiro atoms. The molecule has 0 fully saturated rings. The van der Waals surface area contributed by atoms with Crippen LogP contribution in [0.25, 0.3) is 0 Å². The number of anilines is 1. The van der Waals surface area contributed by atoms with Gasteiger partial charge in [-0.05, 0) is 42.0 Å². The monoisotopic (exact) mass is 456 g/mol. The fourth-order valence-corrected chi connectivity index (χ4v) is 2.84. The smallest absolute Gasteiger partial charge is 0.347 e. The van der Waals surface area contributed by atoms with Gasteiger partial charge in [0.25, 0.3) is 0 Å². The second-order valence-corrected chi connectivity index (χ2v) is 6.81. The van der Waals surface area contributed by atoms with E-state index in [1.807, 2.05) is 6.07 Å². The van der Waals surface area contributed by atoms with Gasteiger partial charge in [-0.3, -0.25) is 9.59 Å². The summed E-state index contributed by atoms with van der Waals surface area (Å²) in [7, 11) is 1.45. The van der Waals surface area contributed by atoms with Gasteiger partial charge in [0, 0.05) is 11.3 Å². The van der Waals surface area contributed by atoms with E-state index in [2.05, 4.69) is 15.8 Å². The highest BCUT2D eigenvalue weighted by Gasteiger charge is 2.16. The number of carbonyl (C=O) groups is 3. The number of esters is 1. The molecule has 34 heavy (non-hydrogen) atoms. The number of carbonyl (C=O) groups excluding carboxylic acids is 3. The summed E-state index contributed by atoms with van der Waals surface area (Å²) in [6.45, 7) is 0. The number of hydrogen-bond donors (Lipinski definition) is 2. The van der Waals surface area contributed by atoms with Crippen LogP contribution in [0, 0.1) is 11.3 Å². The van der Waals surface area contributed by atoms with E-state index in [1.54, 1.807) is 72.8 Å². The topological polar surface area (TPSA) is 130 Å². The SMILES string of the molecule is COc1ccccc1C(=O)Oc1ccccc1C=NNC(=O)C(=O)Nc1ccc(CC#N)cc1. The van der Waals surface area contributed by atoms with E-state index in [1.165, 1.54) is 13.3 Å². The largest absolute Gasteiger partial charge is 0.496 e. The van der Waals surface area contributed by atoms with Crippen molar-refractivity contribution in [3.05, 3.63) is 89.5 Å². The molecule has 9 heteroatoms. The van der Waals surface area contributed by atoms with Gasteiger partial charge in [0.1, 0.15) is 17.1 Å². The van der Waals surface area contributed by atoms with Gasteiger partial charge < -0.3 is 14.8 Å². The maximum absolute atomic E-state index is 12.6. The first-order valence-electron chi connectivity index (χ1n) is 10.1. The molecule has 0 unspecified atom stereocenters. The van der Waals surface area contributed by atoms with Crippen molar-refractivity contribution in [1.29, 1.82) is 5.26 Å². The third-order valence-corrected chi connectivity index (χ3v) is 4.52. The molecule has 3 aromatic carbocycles. The van der Waals surface area contributed by atoms with Gasteiger partial charge in [0.2, 0.25) is 0 Å². The predicted octanol–water partition coefficient (Wildman–Crippen LogP) is 3.07. The zero-order valence-corrected chi connectivity index (χ0v) is 18.1. The third-order valence-electron chi connectivity index (χ3n) is 4.52. The Kier molecular flexibility index (Phi) is 8.08. The van der Waals surface area contributed by atoms with Gasteiger partial charge in [-0.25, -0.2) is 10.2 Å². The first kappa shape index (κ1) is 23.7. The zero-order valence-electron chi connectivity index (χ0n) is 18.1. The highest BCUT2D eigenvalue weighted by molar-refractivity contribution is 6.39. The Bertz CT molecular complexity index is 1260. The number of para-hydroxylation sites is 2. The normalized spacial score (nSPS) is 10.2. The summed E-state index contributed by atoms with van der Waals surface area (Å²) in [5.41, 5.74) is 3.98. The van der Waals surface area contributed by atoms with Crippen molar-refractivity contribution < 1.29 is 23.9 Å². The summed E-state index contributed by atoms with van der Waals surface area (Å²) in [6.07, 6.45) is 1.51. The molecular formula is C25H20N4O5. The van der Waals surface area contributed by atoms with E-state index in [0.29, 0.717) is 17.0 Å². The molecule has 0 aliphatic carbocycles. The molecule has 170 valence electrons. The van der Waals surface area contributed by atoms with Crippen molar-refractivity contribution in [2.45, 2.75) is 6.42 Å². The lowest BCUT2D eigenvalue weighted by Crippen LogP contribution is -2.32. The number of amides is 2. The van der Waals surface area contributed by atoms with Crippen molar-refractivity contribution in [2.75, 3.05) is 12.4 Å². The number of methoxy groups -OCH3 is 1. The van der Waals surface area contributed by atoms with Crippen LogP contribution in [0.2, 0.25) is 0 Å². The van der Waals surface area contributed by atoms with Crippen LogP contribution < -0.4 is 20.2 Å². The Morgan fingerprint density at radius 2 is 1.62 bits per heavy atom. The Hall–Kier alpha value is -4.97. The summed E-state index contributed by atoms with van der Waals surface area (Å²) in [5, 5.41) is 14.9. The number of rotatable bonds is 7. The maximum atomic E-state index is 12.6. The summed E-state index contributed by atoms with van der Waals surface area (Å²) in [4.78, 5) is 36.7. The standard InChI is InChI=1S/C25H20N4O5/c1-33-22-9-5-3-7-20(22)25(32)34-21-8-4-2-6-18(21)16-27-29-24(31)23(30)28-19-12-10-17(11-13-19)14-15-26/h2-13,16H,14H2,1H3,(H,28,30)(H,29,31). The van der Waals surface area contributed by atoms with Crippen LogP contribution >= 0.6 is 0 Å². The number of hydrogen-bond acceptors (Lipinski definition) is 7. The fraction of sp³-hybridized carbons (Fsp3) is 0.0800. The first-order valence-corrected chi connectivity index (χ1v) is 10.1. The quantitative estimate of drug-likeness (QED) is 0.185. The van der Waals surface area contributed by atoms with Crippen molar-refractivity contribution in [3.63, 3.8) is 0 Å². The number of benzene rings is 3. The van der Waals surface area contributed by atoms with Crippen LogP contribution in [-0.2, 0) is 16.0 Å². The average molecular weight is 456 g/mol. The van der Waals surface area contributed by atoms with Crippen LogP contribution in [0.4, 0.5) is 5.69 Å². The Labute approximate surface area is 195 Å². The van der Waals surface area contributed by atoms with Crippen LogP contribution in [0.5, 0.6) is 11.5 Å². The number of nitrogens with zero attached hydrogens (tertiary/aromatic N) is 2. The lowest BCUT2D eigenvalue weighted by Gasteiger charge is -2.10. The molecule has 0 atom stereocenters. The van der Waals surface area contributed by atoms with Crippen LogP contribution in [0.15, 0.2) is 77.9 Å². The van der Waals surface area contributed by atoms with Gasteiger partial charge in [-0.15, -0.1) is 0 Å². The maximum Gasteiger partial charge on any atom is 0.347 e. The van der Waals surface area contributed by atoms with Crippen molar-refractivity contribution in [1.82, 2.24) is 5.43 Å². The first-order chi connectivity index (χ1) is 16.5. The lowest BCUT2D eigenvalue weighted by molar-refractivity contribution is -0.136. The van der Waals surface area contributed by atoms with E-state index >= 15 is 0 Å². The highest BCUT2D eigenvalue weighted by Crippen LogP contribution is 2.22. The molecule has 2 N–H and O–H groups in total. The second-order valence-electron chi connectivity index (χ2n) is 6.81. The number of nitrogens with one attached hydrogen (secondary N) is 2. The molecule has 0 aromatic heterocycles. The lowest BCUT2D eigenvalue weighted by atomic mass is 10.1. The second kappa shape index (κ2) is 11.6. The van der Waals surface area contributed by atoms with E-state index < -0.39 is 17.8 Å². The van der Waals surface area contributed by atoms with E-state index in [4.69, 9.17) is 14.7 Å². The van der Waals surface area contributed by atoms with Crippen molar-refractivity contribution in [3.8, 4) is 17.6 Å². The van der Waals surface area contributed by atoms with Gasteiger partial charge in [0.15, 0.2) is 0 Å². The molecule has 0 aliphatic heterocycles. The predicted molar refractivity (Wildman–Crippen MR) is 125 cm³/mol. The summed E-state index contributed by atoms with van der Waals surface area (Å²) >= 11 is 0. The summed E-state index contributed by atoms with van der Waals surface area (Å²) < 4.78 is 10.6. The van der Waals surface area contributed by atoms with E-state index in [9.17, 15) is 14.4 Å². The third kappa shape index (κ3) is 6.27. The molecular weight excluding hydrogens is 436 g/mol. The Morgan fingerprint density at radius 1 is 0.941 bits per heavy atom. The summed E-state index contributed by atoms with van der Waals surface area (Å²) in [6, 6.07) is 21.8. The fourth-order valence-electron chi connectivity index (χ4n) is 2.84. The molecule has 0 heterocycles. The van der Waals surface area contributed by atoms with E-state index in [-0.39, 0.29) is 17.7 Å². The minimum atomic E-state index is -0.985. The molecule has 0 saturated carbocycles. The minimum Gasteiger partial charge on any atom is -0.496 e. The molecule has 0 saturated heterocycles. The molecule has 3 aromatic rings. The molecule has 0 bridgehead atoms. The number of nitriles is 1. The molecule has 2 amide bonds. The minimum absolute atomic E-state index is 0.207. The Balaban J connectivity index is 1.61. The molecule has 9 nitrogen and oxygen atoms in total. The van der Waals surface area contributed by atoms with Gasteiger partial charge >= 0.3 is 17.8 Å². The Morgan fingerprint density at radius 3 is 2.32 bits per heavy atom. The van der Waals surface area contributed by atoms with Crippen LogP contribution in [0.1, 0.15) is 21.5 Å². The highest BCUT2D eigenvalue weighted by atomic mass is 16.5. The molecule has 0 aliphatic rings. The van der Waals surface area contributed by atoms with Crippen molar-refractivity contribution in [2.24, 2.45) is 5.10 Å². The molecule has 0 radical (unpaired) electrons. The van der Waals surface area contributed by atoms with Gasteiger partial charge in [-0.2, -0.15) is 10.4 Å². The van der Waals surface area contributed by atoms with E-state index in [0.717, 1.165) is 5.56 Å². The van der Waals surface area contributed by atoms with Gasteiger partial charge in [0.05, 0.1) is 25.8 Å². The number of hydrazone groups is 1. The summed E-state index contributed by atoms with van der Waals surface area (Å²) in [5.74, 6) is -1.95. The average Bonchev–Trinajstić information content (AvgIpc) is 2.86.